The summed E-state index contributed by atoms with van der Waals surface area (Å²) >= 11 is 0. The molecule has 57 heavy (non-hydrogen) atoms. The van der Waals surface area contributed by atoms with Gasteiger partial charge in [0.15, 0.2) is 11.6 Å². The van der Waals surface area contributed by atoms with Gasteiger partial charge in [0.05, 0.1) is 22.1 Å². The lowest BCUT2D eigenvalue weighted by atomic mass is 10.00. The third-order valence-corrected chi connectivity index (χ3v) is 10.9. The van der Waals surface area contributed by atoms with Crippen molar-refractivity contribution >= 4 is 60.8 Å². The summed E-state index contributed by atoms with van der Waals surface area (Å²) in [4.78, 5) is 17.3. The number of benzene rings is 7. The Morgan fingerprint density at radius 2 is 1.19 bits per heavy atom. The molecule has 3 heterocycles. The van der Waals surface area contributed by atoms with Crippen LogP contribution in [0.4, 0.5) is 17.1 Å². The molecule has 1 aliphatic carbocycles. The van der Waals surface area contributed by atoms with Crippen molar-refractivity contribution in [3.8, 4) is 28.5 Å². The van der Waals surface area contributed by atoms with Crippen LogP contribution in [-0.4, -0.2) is 19.5 Å². The van der Waals surface area contributed by atoms with Crippen LogP contribution >= 0.6 is 0 Å². The van der Waals surface area contributed by atoms with Crippen molar-refractivity contribution in [1.82, 2.24) is 19.5 Å². The van der Waals surface area contributed by atoms with E-state index >= 15 is 0 Å². The molecule has 0 aliphatic heterocycles. The van der Waals surface area contributed by atoms with E-state index < -0.39 is 0 Å². The Kier molecular flexibility index (Phi) is 7.84. The minimum atomic E-state index is 0.0803. The van der Waals surface area contributed by atoms with Gasteiger partial charge < -0.3 is 13.9 Å². The summed E-state index contributed by atoms with van der Waals surface area (Å²) in [5.41, 5.74) is 10.0. The number of hydrogen-bond donors (Lipinski definition) is 0. The summed E-state index contributed by atoms with van der Waals surface area (Å²) < 4.78 is 9.02. The van der Waals surface area contributed by atoms with Gasteiger partial charge in [-0.15, -0.1) is 0 Å². The Balaban J connectivity index is 1.03. The molecule has 10 aromatic rings. The first-order valence-electron chi connectivity index (χ1n) is 19.3. The highest BCUT2D eigenvalue weighted by Crippen LogP contribution is 2.44. The minimum absolute atomic E-state index is 0.0803. The summed E-state index contributed by atoms with van der Waals surface area (Å²) in [6, 6.07) is 59.4. The molecule has 270 valence electrons. The van der Waals surface area contributed by atoms with Crippen molar-refractivity contribution < 1.29 is 4.42 Å². The van der Waals surface area contributed by atoms with E-state index in [-0.39, 0.29) is 5.92 Å². The van der Waals surface area contributed by atoms with Crippen LogP contribution in [0.15, 0.2) is 199 Å². The van der Waals surface area contributed by atoms with Crippen LogP contribution in [0.1, 0.15) is 18.2 Å². The zero-order valence-corrected chi connectivity index (χ0v) is 30.9. The monoisotopic (exact) mass is 733 g/mol. The van der Waals surface area contributed by atoms with Gasteiger partial charge in [-0.1, -0.05) is 121 Å². The van der Waals surface area contributed by atoms with Gasteiger partial charge in [-0.05, 0) is 79.2 Å². The molecule has 0 N–H and O–H groups in total. The molecular weight excluding hydrogens is 699 g/mol. The van der Waals surface area contributed by atoms with E-state index in [9.17, 15) is 0 Å². The predicted octanol–water partition coefficient (Wildman–Crippen LogP) is 13.3. The largest absolute Gasteiger partial charge is 0.456 e. The standard InChI is InChI=1S/C51H35N5O/c1-4-15-34(16-5-1)49-52-50(35-17-6-2-7-18-35)54-51(53-49)36-27-32-42-47(33-36)57-46-26-14-25-45(48(42)46)55(37-19-8-3-9-20-37)38-28-30-39(31-29-38)56-43-23-12-10-21-40(43)41-22-11-13-24-44(41)56/h1-17,19-33,35H,18H2. The predicted molar refractivity (Wildman–Crippen MR) is 233 cm³/mol. The molecule has 0 saturated heterocycles. The first-order valence-corrected chi connectivity index (χ1v) is 19.3. The highest BCUT2D eigenvalue weighted by molar-refractivity contribution is 6.14. The second kappa shape index (κ2) is 13.6. The van der Waals surface area contributed by atoms with Crippen molar-refractivity contribution in [2.75, 3.05) is 4.90 Å². The normalized spacial score (nSPS) is 13.9. The van der Waals surface area contributed by atoms with Gasteiger partial charge in [0.25, 0.3) is 0 Å². The number of para-hydroxylation sites is 3. The van der Waals surface area contributed by atoms with E-state index in [0.29, 0.717) is 11.6 Å². The highest BCUT2D eigenvalue weighted by Gasteiger charge is 2.22. The maximum Gasteiger partial charge on any atom is 0.163 e. The van der Waals surface area contributed by atoms with E-state index in [2.05, 4.69) is 167 Å². The van der Waals surface area contributed by atoms with E-state index in [1.54, 1.807) is 0 Å². The van der Waals surface area contributed by atoms with Crippen LogP contribution in [0.5, 0.6) is 0 Å². The number of rotatable bonds is 7. The summed E-state index contributed by atoms with van der Waals surface area (Å²) in [6.45, 7) is 0. The Bertz CT molecular complexity index is 3110. The van der Waals surface area contributed by atoms with Gasteiger partial charge in [0.2, 0.25) is 0 Å². The van der Waals surface area contributed by atoms with Gasteiger partial charge in [0, 0.05) is 50.3 Å². The van der Waals surface area contributed by atoms with Crippen LogP contribution in [-0.2, 0) is 0 Å². The van der Waals surface area contributed by atoms with E-state index in [4.69, 9.17) is 19.4 Å². The number of furan rings is 1. The molecule has 3 aromatic heterocycles. The number of aromatic nitrogens is 4. The average molecular weight is 734 g/mol. The minimum Gasteiger partial charge on any atom is -0.456 e. The molecule has 0 bridgehead atoms. The quantitative estimate of drug-likeness (QED) is 0.163. The summed E-state index contributed by atoms with van der Waals surface area (Å²) in [5, 5.41) is 4.55. The van der Waals surface area contributed by atoms with Crippen LogP contribution < -0.4 is 4.90 Å². The lowest BCUT2D eigenvalue weighted by molar-refractivity contribution is 0.669. The third-order valence-electron chi connectivity index (χ3n) is 10.9. The smallest absolute Gasteiger partial charge is 0.163 e. The van der Waals surface area contributed by atoms with Crippen molar-refractivity contribution in [2.45, 2.75) is 12.3 Å². The number of allylic oxidation sites excluding steroid dienone is 4. The summed E-state index contributed by atoms with van der Waals surface area (Å²) in [6.07, 6.45) is 9.31. The Labute approximate surface area is 329 Å². The molecule has 7 aromatic carbocycles. The van der Waals surface area contributed by atoms with Gasteiger partial charge >= 0.3 is 0 Å². The molecule has 0 spiro atoms. The molecule has 1 atom stereocenters. The number of anilines is 3. The number of nitrogens with zero attached hydrogens (tertiary/aromatic N) is 5. The van der Waals surface area contributed by atoms with Gasteiger partial charge in [0.1, 0.15) is 17.0 Å². The Morgan fingerprint density at radius 3 is 1.91 bits per heavy atom. The maximum atomic E-state index is 6.67. The number of fused-ring (bicyclic) bond motifs is 6. The zero-order valence-electron chi connectivity index (χ0n) is 30.9. The second-order valence-corrected chi connectivity index (χ2v) is 14.4. The highest BCUT2D eigenvalue weighted by atomic mass is 16.3. The van der Waals surface area contributed by atoms with E-state index in [1.165, 1.54) is 21.8 Å². The molecular formula is C51H35N5O. The van der Waals surface area contributed by atoms with E-state index in [1.807, 2.05) is 36.4 Å². The maximum absolute atomic E-state index is 6.67. The lowest BCUT2D eigenvalue weighted by Gasteiger charge is -2.26. The van der Waals surface area contributed by atoms with Gasteiger partial charge in [-0.3, -0.25) is 0 Å². The Morgan fingerprint density at radius 1 is 0.526 bits per heavy atom. The fourth-order valence-electron chi connectivity index (χ4n) is 8.26. The van der Waals surface area contributed by atoms with Gasteiger partial charge in [-0.2, -0.15) is 0 Å². The van der Waals surface area contributed by atoms with Crippen molar-refractivity contribution in [3.05, 3.63) is 200 Å². The first kappa shape index (κ1) is 32.8. The SMILES string of the molecule is C1=CCC(c2nc(-c3ccccc3)nc(-c3ccc4c(c3)oc3cccc(N(c5ccccc5)c5ccc(-n6c7ccccc7c7ccccc76)cc5)c34)n2)C=C1. The molecule has 0 radical (unpaired) electrons. The molecule has 6 heteroatoms. The van der Waals surface area contributed by atoms with Gasteiger partial charge in [-0.25, -0.2) is 15.0 Å². The van der Waals surface area contributed by atoms with Crippen LogP contribution in [0.25, 0.3) is 72.2 Å². The first-order chi connectivity index (χ1) is 28.3. The molecule has 1 unspecified atom stereocenters. The van der Waals surface area contributed by atoms with E-state index in [0.717, 1.165) is 68.1 Å². The molecule has 6 nitrogen and oxygen atoms in total. The van der Waals surface area contributed by atoms with Crippen LogP contribution in [0, 0.1) is 0 Å². The zero-order chi connectivity index (χ0) is 37.7. The summed E-state index contributed by atoms with van der Waals surface area (Å²) in [7, 11) is 0. The van der Waals surface area contributed by atoms with Crippen molar-refractivity contribution in [3.63, 3.8) is 0 Å². The second-order valence-electron chi connectivity index (χ2n) is 14.4. The fourth-order valence-corrected chi connectivity index (χ4v) is 8.26. The summed E-state index contributed by atoms with van der Waals surface area (Å²) in [5.74, 6) is 2.12. The third kappa shape index (κ3) is 5.69. The van der Waals surface area contributed by atoms with Crippen molar-refractivity contribution in [2.24, 2.45) is 0 Å². The number of hydrogen-bond acceptors (Lipinski definition) is 5. The molecule has 11 rings (SSSR count). The van der Waals surface area contributed by atoms with Crippen LogP contribution in [0.2, 0.25) is 0 Å². The average Bonchev–Trinajstić information content (AvgIpc) is 3.84. The lowest BCUT2D eigenvalue weighted by Crippen LogP contribution is -2.10. The molecule has 0 fully saturated rings. The molecule has 0 saturated carbocycles. The van der Waals surface area contributed by atoms with Crippen molar-refractivity contribution in [1.29, 1.82) is 0 Å². The molecule has 0 amide bonds. The molecule has 1 aliphatic rings. The van der Waals surface area contributed by atoms with Crippen LogP contribution in [0.3, 0.4) is 0 Å². The fraction of sp³-hybridized carbons (Fsp3) is 0.0392. The topological polar surface area (TPSA) is 60.0 Å². The Hall–Kier alpha value is -7.57.